The average Bonchev–Trinajstić information content (AvgIpc) is 3.22. The monoisotopic (exact) mass is 337 g/mol. The van der Waals surface area contributed by atoms with Crippen molar-refractivity contribution < 1.29 is 13.2 Å². The van der Waals surface area contributed by atoms with E-state index in [1.807, 2.05) is 4.90 Å². The number of hydrogen-bond acceptors (Lipinski definition) is 4. The van der Waals surface area contributed by atoms with Crippen LogP contribution in [0, 0.1) is 5.82 Å². The first-order chi connectivity index (χ1) is 11.5. The molecule has 2 aliphatic rings. The molecule has 4 rings (SSSR count). The molecule has 0 radical (unpaired) electrons. The number of pyridine rings is 1. The van der Waals surface area contributed by atoms with Crippen LogP contribution in [0.3, 0.4) is 0 Å². The number of nitrogens with zero attached hydrogens (tertiary/aromatic N) is 5. The number of hydrogen-bond donors (Lipinski definition) is 0. The second-order valence-electron chi connectivity index (χ2n) is 6.45. The fraction of sp³-hybridized carbons (Fsp3) is 0.500. The van der Waals surface area contributed by atoms with E-state index in [0.29, 0.717) is 24.5 Å². The highest BCUT2D eigenvalue weighted by Gasteiger charge is 2.44. The van der Waals surface area contributed by atoms with Gasteiger partial charge in [-0.25, -0.2) is 18.2 Å². The van der Waals surface area contributed by atoms with E-state index in [0.717, 1.165) is 13.0 Å². The first-order valence-corrected chi connectivity index (χ1v) is 7.94. The molecule has 2 fully saturated rings. The van der Waals surface area contributed by atoms with E-state index in [1.165, 1.54) is 10.7 Å². The summed E-state index contributed by atoms with van der Waals surface area (Å²) in [5, 5.41) is 3.86. The Morgan fingerprint density at radius 3 is 2.79 bits per heavy atom. The molecule has 2 aliphatic heterocycles. The van der Waals surface area contributed by atoms with Gasteiger partial charge < -0.3 is 4.90 Å². The van der Waals surface area contributed by atoms with Crippen LogP contribution in [0.15, 0.2) is 24.5 Å². The molecule has 2 atom stereocenters. The van der Waals surface area contributed by atoms with E-state index < -0.39 is 6.43 Å². The molecular formula is C16H18F3N5. The van der Waals surface area contributed by atoms with Gasteiger partial charge in [0.2, 0.25) is 0 Å². The van der Waals surface area contributed by atoms with Crippen molar-refractivity contribution in [3.8, 4) is 0 Å². The lowest BCUT2D eigenvalue weighted by molar-refractivity contribution is 0.141. The van der Waals surface area contributed by atoms with Crippen molar-refractivity contribution in [2.24, 2.45) is 7.05 Å². The van der Waals surface area contributed by atoms with Crippen LogP contribution in [-0.4, -0.2) is 44.8 Å². The Kier molecular flexibility index (Phi) is 3.71. The van der Waals surface area contributed by atoms with Crippen molar-refractivity contribution >= 4 is 5.82 Å². The van der Waals surface area contributed by atoms with Crippen LogP contribution in [-0.2, 0) is 13.6 Å². The third-order valence-electron chi connectivity index (χ3n) is 4.88. The summed E-state index contributed by atoms with van der Waals surface area (Å²) in [5.74, 6) is 0.0724. The van der Waals surface area contributed by atoms with Crippen LogP contribution in [0.5, 0.6) is 0 Å². The van der Waals surface area contributed by atoms with Crippen molar-refractivity contribution in [3.05, 3.63) is 41.6 Å². The molecule has 0 saturated carbocycles. The minimum Gasteiger partial charge on any atom is -0.348 e. The van der Waals surface area contributed by atoms with Gasteiger partial charge in [-0.15, -0.1) is 0 Å². The molecule has 2 saturated heterocycles. The molecule has 128 valence electrons. The number of anilines is 1. The third kappa shape index (κ3) is 2.54. The zero-order valence-corrected chi connectivity index (χ0v) is 13.2. The second-order valence-corrected chi connectivity index (χ2v) is 6.45. The lowest BCUT2D eigenvalue weighted by Crippen LogP contribution is -2.46. The largest absolute Gasteiger partial charge is 0.348 e. The number of fused-ring (bicyclic) bond motifs is 2. The second kappa shape index (κ2) is 5.77. The Morgan fingerprint density at radius 1 is 1.29 bits per heavy atom. The molecule has 2 aromatic rings. The number of piperazine rings is 1. The van der Waals surface area contributed by atoms with Gasteiger partial charge in [0.25, 0.3) is 6.43 Å². The first kappa shape index (κ1) is 15.4. The van der Waals surface area contributed by atoms with Gasteiger partial charge in [0.05, 0.1) is 0 Å². The maximum absolute atomic E-state index is 13.9. The van der Waals surface area contributed by atoms with Crippen molar-refractivity contribution in [2.45, 2.75) is 31.5 Å². The van der Waals surface area contributed by atoms with E-state index in [1.54, 1.807) is 25.5 Å². The maximum Gasteiger partial charge on any atom is 0.282 e. The third-order valence-corrected chi connectivity index (χ3v) is 4.88. The van der Waals surface area contributed by atoms with Crippen molar-refractivity contribution in [2.75, 3.05) is 18.0 Å². The zero-order chi connectivity index (χ0) is 16.8. The minimum absolute atomic E-state index is 0.145. The van der Waals surface area contributed by atoms with Crippen molar-refractivity contribution in [3.63, 3.8) is 0 Å². The summed E-state index contributed by atoms with van der Waals surface area (Å²) in [7, 11) is 1.65. The van der Waals surface area contributed by atoms with Crippen LogP contribution in [0.1, 0.15) is 24.1 Å². The predicted molar refractivity (Wildman–Crippen MR) is 82.3 cm³/mol. The van der Waals surface area contributed by atoms with Crippen molar-refractivity contribution in [1.82, 2.24) is 19.7 Å². The van der Waals surface area contributed by atoms with Crippen LogP contribution in [0.4, 0.5) is 19.0 Å². The van der Waals surface area contributed by atoms with Crippen LogP contribution < -0.4 is 4.90 Å². The molecule has 0 N–H and O–H groups in total. The summed E-state index contributed by atoms with van der Waals surface area (Å²) in [6.45, 7) is 1.84. The number of aryl methyl sites for hydroxylation is 1. The summed E-state index contributed by atoms with van der Waals surface area (Å²) in [6, 6.07) is 3.39. The Hall–Kier alpha value is -2.09. The smallest absolute Gasteiger partial charge is 0.282 e. The van der Waals surface area contributed by atoms with E-state index in [2.05, 4.69) is 15.0 Å². The fourth-order valence-electron chi connectivity index (χ4n) is 3.87. The summed E-state index contributed by atoms with van der Waals surface area (Å²) < 4.78 is 41.5. The molecule has 0 spiro atoms. The van der Waals surface area contributed by atoms with Gasteiger partial charge in [0.15, 0.2) is 11.6 Å². The Balaban J connectivity index is 1.48. The molecule has 0 aliphatic carbocycles. The topological polar surface area (TPSA) is 37.2 Å². The molecule has 4 heterocycles. The van der Waals surface area contributed by atoms with Gasteiger partial charge in [-0.05, 0) is 18.6 Å². The van der Waals surface area contributed by atoms with Gasteiger partial charge in [-0.3, -0.25) is 9.58 Å². The van der Waals surface area contributed by atoms with E-state index in [4.69, 9.17) is 0 Å². The number of likely N-dealkylation sites (tertiary alicyclic amines) is 1. The normalized spacial score (nSPS) is 23.6. The van der Waals surface area contributed by atoms with Gasteiger partial charge in [0.1, 0.15) is 5.69 Å². The van der Waals surface area contributed by atoms with Gasteiger partial charge in [-0.1, -0.05) is 0 Å². The van der Waals surface area contributed by atoms with Crippen LogP contribution in [0.2, 0.25) is 0 Å². The lowest BCUT2D eigenvalue weighted by atomic mass is 10.2. The predicted octanol–water partition coefficient (Wildman–Crippen LogP) is 2.35. The lowest BCUT2D eigenvalue weighted by Gasteiger charge is -2.34. The molecular weight excluding hydrogens is 319 g/mol. The fourth-order valence-corrected chi connectivity index (χ4v) is 3.87. The van der Waals surface area contributed by atoms with Crippen molar-refractivity contribution in [1.29, 1.82) is 0 Å². The van der Waals surface area contributed by atoms with Gasteiger partial charge in [0, 0.05) is 56.7 Å². The van der Waals surface area contributed by atoms with Crippen LogP contribution in [0.25, 0.3) is 0 Å². The molecule has 0 aromatic carbocycles. The summed E-state index contributed by atoms with van der Waals surface area (Å²) in [6.07, 6.45) is 1.58. The highest BCUT2D eigenvalue weighted by molar-refractivity contribution is 5.44. The van der Waals surface area contributed by atoms with E-state index in [-0.39, 0.29) is 23.6 Å². The number of aromatic nitrogens is 3. The van der Waals surface area contributed by atoms with E-state index >= 15 is 0 Å². The minimum atomic E-state index is -2.57. The zero-order valence-electron chi connectivity index (χ0n) is 13.2. The highest BCUT2D eigenvalue weighted by atomic mass is 19.3. The first-order valence-electron chi connectivity index (χ1n) is 7.94. The SMILES string of the molecule is Cn1cc(CN2CC3CC2CN3c2ncccc2F)c(C(F)F)n1. The highest BCUT2D eigenvalue weighted by Crippen LogP contribution is 2.36. The molecule has 0 amide bonds. The standard InChI is InChI=1S/C16H18F3N5/c1-22-6-10(14(21-22)15(18)19)7-23-8-12-5-11(23)9-24(12)16-13(17)3-2-4-20-16/h2-4,6,11-12,15H,5,7-9H2,1H3. The Labute approximate surface area is 137 Å². The molecule has 24 heavy (non-hydrogen) atoms. The number of alkyl halides is 2. The summed E-state index contributed by atoms with van der Waals surface area (Å²) in [4.78, 5) is 8.33. The summed E-state index contributed by atoms with van der Waals surface area (Å²) >= 11 is 0. The molecule has 2 bridgehead atoms. The number of rotatable bonds is 4. The molecule has 5 nitrogen and oxygen atoms in total. The van der Waals surface area contributed by atoms with Crippen LogP contribution >= 0.6 is 0 Å². The molecule has 2 aromatic heterocycles. The van der Waals surface area contributed by atoms with Gasteiger partial charge >= 0.3 is 0 Å². The molecule has 2 unspecified atom stereocenters. The number of halogens is 3. The quantitative estimate of drug-likeness (QED) is 0.858. The maximum atomic E-state index is 13.9. The Morgan fingerprint density at radius 2 is 2.12 bits per heavy atom. The Bertz CT molecular complexity index is 747. The van der Waals surface area contributed by atoms with E-state index in [9.17, 15) is 13.2 Å². The van der Waals surface area contributed by atoms with Gasteiger partial charge in [-0.2, -0.15) is 5.10 Å². The average molecular weight is 337 g/mol. The molecule has 8 heteroatoms. The summed E-state index contributed by atoms with van der Waals surface area (Å²) in [5.41, 5.74) is 0.420.